The number of benzene rings is 1. The van der Waals surface area contributed by atoms with Crippen molar-refractivity contribution >= 4 is 34.9 Å². The first kappa shape index (κ1) is 20.5. The number of carbonyl (C=O) groups is 1. The van der Waals surface area contributed by atoms with Crippen molar-refractivity contribution in [2.24, 2.45) is 0 Å². The van der Waals surface area contributed by atoms with Crippen LogP contribution in [-0.2, 0) is 19.4 Å². The maximum Gasteiger partial charge on any atom is 0.319 e. The number of nitrogens with one attached hydrogen (secondary N) is 4. The fourth-order valence-corrected chi connectivity index (χ4v) is 3.61. The molecule has 0 aliphatic carbocycles. The van der Waals surface area contributed by atoms with Crippen LogP contribution >= 0.6 is 0 Å². The molecule has 0 unspecified atom stereocenters. The number of fused-ring (bicyclic) bond motifs is 6. The molecule has 33 heavy (non-hydrogen) atoms. The summed E-state index contributed by atoms with van der Waals surface area (Å²) in [5.74, 6) is 1.89. The molecule has 9 heteroatoms. The monoisotopic (exact) mass is 441 g/mol. The molecule has 1 aromatic carbocycles. The van der Waals surface area contributed by atoms with Crippen molar-refractivity contribution in [3.05, 3.63) is 83.7 Å². The third-order valence-electron chi connectivity index (χ3n) is 5.33. The van der Waals surface area contributed by atoms with E-state index >= 15 is 0 Å². The van der Waals surface area contributed by atoms with Crippen molar-refractivity contribution < 1.29 is 9.21 Å². The number of rotatable bonds is 3. The third-order valence-corrected chi connectivity index (χ3v) is 5.33. The summed E-state index contributed by atoms with van der Waals surface area (Å²) in [6.07, 6.45) is 8.42. The molecule has 0 atom stereocenters. The van der Waals surface area contributed by atoms with Crippen LogP contribution < -0.4 is 21.3 Å². The first-order chi connectivity index (χ1) is 16.1. The number of nitrogens with zero attached hydrogens (tertiary/aromatic N) is 3. The number of pyridine rings is 1. The molecule has 166 valence electrons. The van der Waals surface area contributed by atoms with Gasteiger partial charge in [0.15, 0.2) is 0 Å². The standard InChI is InChI=1S/C24H23N7O2/c1-15-11-26-23-29-19-9-16(12-25-13-19)4-5-17-10-18(28-22(15)31-23)6-7-21(17)30-24(32)27-14-20-3-2-8-33-20/h2-3,6-13H,4-5,14H2,1H3,(H2,27,30,32)(H2,26,28,29,31). The first-order valence-electron chi connectivity index (χ1n) is 10.6. The molecule has 9 nitrogen and oxygen atoms in total. The van der Waals surface area contributed by atoms with Gasteiger partial charge in [-0.1, -0.05) is 0 Å². The van der Waals surface area contributed by atoms with Gasteiger partial charge in [0.2, 0.25) is 5.95 Å². The van der Waals surface area contributed by atoms with Crippen LogP contribution in [0.2, 0.25) is 0 Å². The van der Waals surface area contributed by atoms with Crippen LogP contribution in [0.5, 0.6) is 0 Å². The van der Waals surface area contributed by atoms with Crippen molar-refractivity contribution in [3.63, 3.8) is 0 Å². The number of anilines is 5. The third kappa shape index (κ3) is 4.93. The van der Waals surface area contributed by atoms with Gasteiger partial charge in [-0.05, 0) is 67.3 Å². The van der Waals surface area contributed by atoms with Gasteiger partial charge in [0.25, 0.3) is 0 Å². The largest absolute Gasteiger partial charge is 0.467 e. The minimum Gasteiger partial charge on any atom is -0.467 e. The lowest BCUT2D eigenvalue weighted by molar-refractivity contribution is 0.251. The summed E-state index contributed by atoms with van der Waals surface area (Å²) in [5, 5.41) is 12.4. The van der Waals surface area contributed by atoms with Crippen LogP contribution in [0, 0.1) is 6.92 Å². The molecule has 4 heterocycles. The Morgan fingerprint density at radius 2 is 2.03 bits per heavy atom. The lowest BCUT2D eigenvalue weighted by Gasteiger charge is -2.15. The lowest BCUT2D eigenvalue weighted by atomic mass is 10.0. The zero-order valence-corrected chi connectivity index (χ0v) is 18.1. The molecule has 4 aromatic rings. The summed E-state index contributed by atoms with van der Waals surface area (Å²) >= 11 is 0. The Hall–Kier alpha value is -4.40. The van der Waals surface area contributed by atoms with Gasteiger partial charge >= 0.3 is 6.03 Å². The average molecular weight is 441 g/mol. The van der Waals surface area contributed by atoms with Gasteiger partial charge in [-0.2, -0.15) is 4.98 Å². The smallest absolute Gasteiger partial charge is 0.319 e. The Balaban J connectivity index is 1.43. The van der Waals surface area contributed by atoms with E-state index in [0.717, 1.165) is 46.6 Å². The number of aryl methyl sites for hydroxylation is 3. The van der Waals surface area contributed by atoms with Gasteiger partial charge in [-0.15, -0.1) is 0 Å². The fraction of sp³-hybridized carbons (Fsp3) is 0.167. The van der Waals surface area contributed by atoms with Crippen molar-refractivity contribution in [1.82, 2.24) is 20.3 Å². The molecule has 0 saturated carbocycles. The second kappa shape index (κ2) is 8.99. The number of carbonyl (C=O) groups excluding carboxylic acids is 1. The van der Waals surface area contributed by atoms with Gasteiger partial charge in [0.05, 0.1) is 24.7 Å². The van der Waals surface area contributed by atoms with Crippen molar-refractivity contribution in [2.75, 3.05) is 16.0 Å². The van der Waals surface area contributed by atoms with E-state index in [4.69, 9.17) is 4.42 Å². The second-order valence-corrected chi connectivity index (χ2v) is 7.82. The molecule has 6 bridgehead atoms. The van der Waals surface area contributed by atoms with Gasteiger partial charge in [0, 0.05) is 29.3 Å². The molecule has 1 aliphatic rings. The first-order valence-corrected chi connectivity index (χ1v) is 10.6. The Bertz CT molecular complexity index is 1290. The van der Waals surface area contributed by atoms with Gasteiger partial charge in [0.1, 0.15) is 11.6 Å². The van der Waals surface area contributed by atoms with E-state index in [0.29, 0.717) is 24.1 Å². The molecular weight excluding hydrogens is 418 g/mol. The summed E-state index contributed by atoms with van der Waals surface area (Å²) in [6, 6.07) is 11.2. The zero-order valence-electron chi connectivity index (χ0n) is 18.1. The Kier molecular flexibility index (Phi) is 5.59. The van der Waals surface area contributed by atoms with E-state index in [-0.39, 0.29) is 6.03 Å². The highest BCUT2D eigenvalue weighted by atomic mass is 16.3. The molecule has 0 spiro atoms. The highest BCUT2D eigenvalue weighted by Crippen LogP contribution is 2.27. The SMILES string of the molecule is Cc1cnc2nc1Nc1ccc(NC(=O)NCc3ccco3)c(c1)CCc1cncc(c1)N2. The summed E-state index contributed by atoms with van der Waals surface area (Å²) in [6.45, 7) is 2.27. The lowest BCUT2D eigenvalue weighted by Crippen LogP contribution is -2.28. The Morgan fingerprint density at radius 3 is 2.91 bits per heavy atom. The van der Waals surface area contributed by atoms with Gasteiger partial charge in [-0.3, -0.25) is 4.98 Å². The van der Waals surface area contributed by atoms with Crippen molar-refractivity contribution in [3.8, 4) is 0 Å². The number of urea groups is 1. The number of amides is 2. The average Bonchev–Trinajstić information content (AvgIpc) is 3.33. The number of hydrogen-bond acceptors (Lipinski definition) is 7. The van der Waals surface area contributed by atoms with Crippen molar-refractivity contribution in [1.29, 1.82) is 0 Å². The maximum atomic E-state index is 12.5. The highest BCUT2D eigenvalue weighted by molar-refractivity contribution is 5.90. The van der Waals surface area contributed by atoms with E-state index < -0.39 is 0 Å². The predicted octanol–water partition coefficient (Wildman–Crippen LogP) is 4.68. The van der Waals surface area contributed by atoms with Crippen LogP contribution in [0.4, 0.5) is 33.6 Å². The number of aromatic nitrogens is 3. The van der Waals surface area contributed by atoms with Crippen LogP contribution in [0.15, 0.2) is 65.7 Å². The van der Waals surface area contributed by atoms with E-state index in [1.165, 1.54) is 0 Å². The van der Waals surface area contributed by atoms with E-state index in [2.05, 4.69) is 36.2 Å². The molecular formula is C24H23N7O2. The van der Waals surface area contributed by atoms with Gasteiger partial charge in [-0.25, -0.2) is 9.78 Å². The fourth-order valence-electron chi connectivity index (χ4n) is 3.61. The highest BCUT2D eigenvalue weighted by Gasteiger charge is 2.12. The topological polar surface area (TPSA) is 117 Å². The molecule has 3 aromatic heterocycles. The number of hydrogen-bond donors (Lipinski definition) is 4. The Labute approximate surface area is 190 Å². The molecule has 0 fully saturated rings. The van der Waals surface area contributed by atoms with Crippen LogP contribution in [-0.4, -0.2) is 21.0 Å². The van der Waals surface area contributed by atoms with E-state index in [9.17, 15) is 4.79 Å². The summed E-state index contributed by atoms with van der Waals surface area (Å²) in [5.41, 5.74) is 5.43. The minimum absolute atomic E-state index is 0.296. The molecule has 0 radical (unpaired) electrons. The summed E-state index contributed by atoms with van der Waals surface area (Å²) < 4.78 is 5.27. The van der Waals surface area contributed by atoms with Crippen LogP contribution in [0.1, 0.15) is 22.5 Å². The van der Waals surface area contributed by atoms with Crippen LogP contribution in [0.25, 0.3) is 0 Å². The minimum atomic E-state index is -0.296. The molecule has 0 saturated heterocycles. The summed E-state index contributed by atoms with van der Waals surface area (Å²) in [7, 11) is 0. The van der Waals surface area contributed by atoms with Crippen molar-refractivity contribution in [2.45, 2.75) is 26.3 Å². The second-order valence-electron chi connectivity index (χ2n) is 7.82. The molecule has 4 N–H and O–H groups in total. The molecule has 1 aliphatic heterocycles. The Morgan fingerprint density at radius 1 is 1.09 bits per heavy atom. The predicted molar refractivity (Wildman–Crippen MR) is 126 cm³/mol. The van der Waals surface area contributed by atoms with E-state index in [1.807, 2.05) is 43.5 Å². The van der Waals surface area contributed by atoms with E-state index in [1.54, 1.807) is 24.7 Å². The quantitative estimate of drug-likeness (QED) is 0.365. The summed E-state index contributed by atoms with van der Waals surface area (Å²) in [4.78, 5) is 25.8. The van der Waals surface area contributed by atoms with Crippen LogP contribution in [0.3, 0.4) is 0 Å². The molecule has 5 rings (SSSR count). The maximum absolute atomic E-state index is 12.5. The molecule has 2 amide bonds. The number of furan rings is 1. The zero-order chi connectivity index (χ0) is 22.6. The van der Waals surface area contributed by atoms with Gasteiger partial charge < -0.3 is 25.7 Å². The normalized spacial score (nSPS) is 12.3.